The molecule has 1 aromatic carbocycles. The van der Waals surface area contributed by atoms with Crippen LogP contribution in [0.15, 0.2) is 30.3 Å². The van der Waals surface area contributed by atoms with Gasteiger partial charge in [0.15, 0.2) is 0 Å². The second-order valence-corrected chi connectivity index (χ2v) is 3.85. The van der Waals surface area contributed by atoms with Crippen molar-refractivity contribution in [1.82, 2.24) is 0 Å². The summed E-state index contributed by atoms with van der Waals surface area (Å²) in [6.45, 7) is 1.32. The van der Waals surface area contributed by atoms with E-state index in [1.807, 2.05) is 30.3 Å². The van der Waals surface area contributed by atoms with Gasteiger partial charge in [-0.15, -0.1) is 0 Å². The number of hydrogen-bond donors (Lipinski definition) is 2. The van der Waals surface area contributed by atoms with E-state index in [9.17, 15) is 5.11 Å². The number of hydrogen-bond acceptors (Lipinski definition) is 3. The van der Waals surface area contributed by atoms with E-state index in [-0.39, 0.29) is 6.61 Å². The first-order valence-corrected chi connectivity index (χ1v) is 5.73. The van der Waals surface area contributed by atoms with Crippen LogP contribution < -0.4 is 0 Å². The molecule has 0 aromatic heterocycles. The van der Waals surface area contributed by atoms with E-state index < -0.39 is 6.10 Å². The summed E-state index contributed by atoms with van der Waals surface area (Å²) in [5, 5.41) is 17.9. The molecule has 90 valence electrons. The number of aliphatic hydroxyl groups excluding tert-OH is 2. The molecule has 0 amide bonds. The molecule has 0 aliphatic carbocycles. The quantitative estimate of drug-likeness (QED) is 0.661. The summed E-state index contributed by atoms with van der Waals surface area (Å²) < 4.78 is 5.47. The zero-order valence-electron chi connectivity index (χ0n) is 9.51. The van der Waals surface area contributed by atoms with Gasteiger partial charge in [0.1, 0.15) is 0 Å². The van der Waals surface area contributed by atoms with Crippen LogP contribution in [-0.2, 0) is 11.3 Å². The molecule has 2 N–H and O–H groups in total. The van der Waals surface area contributed by atoms with Crippen LogP contribution in [0.2, 0.25) is 0 Å². The number of ether oxygens (including phenoxy) is 1. The lowest BCUT2D eigenvalue weighted by atomic mass is 10.1. The molecule has 1 aromatic rings. The average Bonchev–Trinajstić information content (AvgIpc) is 2.30. The number of aliphatic hydroxyl groups is 2. The molecule has 1 atom stereocenters. The molecule has 0 saturated carbocycles. The summed E-state index contributed by atoms with van der Waals surface area (Å²) in [6, 6.07) is 10.0. The Morgan fingerprint density at radius 2 is 1.88 bits per heavy atom. The summed E-state index contributed by atoms with van der Waals surface area (Å²) in [7, 11) is 0. The Morgan fingerprint density at radius 3 is 2.56 bits per heavy atom. The predicted molar refractivity (Wildman–Crippen MR) is 63.0 cm³/mol. The highest BCUT2D eigenvalue weighted by Gasteiger charge is 2.02. The Balaban J connectivity index is 2.00. The molecule has 0 aliphatic rings. The van der Waals surface area contributed by atoms with Crippen LogP contribution in [0.5, 0.6) is 0 Å². The van der Waals surface area contributed by atoms with Crippen molar-refractivity contribution >= 4 is 0 Å². The first-order chi connectivity index (χ1) is 7.83. The molecular weight excluding hydrogens is 204 g/mol. The minimum absolute atomic E-state index is 0.0477. The minimum Gasteiger partial charge on any atom is -0.396 e. The standard InChI is InChI=1S/C13H20O3/c14-9-8-13(15)7-4-10-16-11-12-5-2-1-3-6-12/h1-3,5-6,13-15H,4,7-11H2. The van der Waals surface area contributed by atoms with Gasteiger partial charge in [-0.25, -0.2) is 0 Å². The third kappa shape index (κ3) is 5.85. The van der Waals surface area contributed by atoms with Crippen molar-refractivity contribution in [2.45, 2.75) is 32.0 Å². The fourth-order valence-corrected chi connectivity index (χ4v) is 1.48. The van der Waals surface area contributed by atoms with Crippen LogP contribution in [0.1, 0.15) is 24.8 Å². The third-order valence-electron chi connectivity index (χ3n) is 2.40. The van der Waals surface area contributed by atoms with E-state index in [0.717, 1.165) is 6.42 Å². The molecule has 0 heterocycles. The molecule has 3 nitrogen and oxygen atoms in total. The normalized spacial score (nSPS) is 12.6. The molecule has 0 fully saturated rings. The van der Waals surface area contributed by atoms with Gasteiger partial charge >= 0.3 is 0 Å². The minimum atomic E-state index is -0.398. The Bertz CT molecular complexity index is 261. The van der Waals surface area contributed by atoms with E-state index >= 15 is 0 Å². The van der Waals surface area contributed by atoms with Gasteiger partial charge in [0.05, 0.1) is 12.7 Å². The summed E-state index contributed by atoms with van der Waals surface area (Å²) in [5.41, 5.74) is 1.17. The predicted octanol–water partition coefficient (Wildman–Crippen LogP) is 1.73. The van der Waals surface area contributed by atoms with Crippen molar-refractivity contribution in [2.24, 2.45) is 0 Å². The Hall–Kier alpha value is -0.900. The largest absolute Gasteiger partial charge is 0.396 e. The molecule has 0 saturated heterocycles. The van der Waals surface area contributed by atoms with Crippen molar-refractivity contribution < 1.29 is 14.9 Å². The maximum absolute atomic E-state index is 9.35. The Kier molecular flexibility index (Phi) is 6.81. The fraction of sp³-hybridized carbons (Fsp3) is 0.538. The van der Waals surface area contributed by atoms with Crippen molar-refractivity contribution in [3.63, 3.8) is 0 Å². The van der Waals surface area contributed by atoms with E-state index in [1.165, 1.54) is 5.56 Å². The second-order valence-electron chi connectivity index (χ2n) is 3.85. The molecule has 1 unspecified atom stereocenters. The average molecular weight is 224 g/mol. The van der Waals surface area contributed by atoms with E-state index in [0.29, 0.717) is 26.1 Å². The summed E-state index contributed by atoms with van der Waals surface area (Å²) in [6.07, 6.45) is 1.58. The van der Waals surface area contributed by atoms with Gasteiger partial charge in [-0.3, -0.25) is 0 Å². The molecule has 0 aliphatic heterocycles. The van der Waals surface area contributed by atoms with Crippen LogP contribution in [0.25, 0.3) is 0 Å². The lowest BCUT2D eigenvalue weighted by molar-refractivity contribution is 0.0865. The Morgan fingerprint density at radius 1 is 1.12 bits per heavy atom. The van der Waals surface area contributed by atoms with Crippen molar-refractivity contribution in [3.8, 4) is 0 Å². The van der Waals surface area contributed by atoms with Gasteiger partial charge in [-0.05, 0) is 24.8 Å². The smallest absolute Gasteiger partial charge is 0.0716 e. The first-order valence-electron chi connectivity index (χ1n) is 5.73. The third-order valence-corrected chi connectivity index (χ3v) is 2.40. The highest BCUT2D eigenvalue weighted by atomic mass is 16.5. The highest BCUT2D eigenvalue weighted by molar-refractivity contribution is 5.13. The molecule has 0 radical (unpaired) electrons. The van der Waals surface area contributed by atoms with Gasteiger partial charge < -0.3 is 14.9 Å². The first kappa shape index (κ1) is 13.2. The van der Waals surface area contributed by atoms with Gasteiger partial charge in [0, 0.05) is 13.2 Å². The highest BCUT2D eigenvalue weighted by Crippen LogP contribution is 2.04. The van der Waals surface area contributed by atoms with Crippen LogP contribution in [-0.4, -0.2) is 29.5 Å². The zero-order valence-corrected chi connectivity index (χ0v) is 9.51. The van der Waals surface area contributed by atoms with Crippen molar-refractivity contribution in [1.29, 1.82) is 0 Å². The number of benzene rings is 1. The topological polar surface area (TPSA) is 49.7 Å². The van der Waals surface area contributed by atoms with Crippen LogP contribution >= 0.6 is 0 Å². The second kappa shape index (κ2) is 8.28. The summed E-state index contributed by atoms with van der Waals surface area (Å²) in [5.74, 6) is 0. The SMILES string of the molecule is OCCC(O)CCCOCc1ccccc1. The molecule has 3 heteroatoms. The van der Waals surface area contributed by atoms with Crippen molar-refractivity contribution in [2.75, 3.05) is 13.2 Å². The lowest BCUT2D eigenvalue weighted by Crippen LogP contribution is -2.09. The van der Waals surface area contributed by atoms with Gasteiger partial charge in [-0.1, -0.05) is 30.3 Å². The van der Waals surface area contributed by atoms with E-state index in [2.05, 4.69) is 0 Å². The number of rotatable bonds is 8. The molecular formula is C13H20O3. The maximum atomic E-state index is 9.35. The van der Waals surface area contributed by atoms with Crippen molar-refractivity contribution in [3.05, 3.63) is 35.9 Å². The van der Waals surface area contributed by atoms with E-state index in [1.54, 1.807) is 0 Å². The molecule has 0 spiro atoms. The monoisotopic (exact) mass is 224 g/mol. The fourth-order valence-electron chi connectivity index (χ4n) is 1.48. The van der Waals surface area contributed by atoms with Gasteiger partial charge in [-0.2, -0.15) is 0 Å². The molecule has 0 bridgehead atoms. The van der Waals surface area contributed by atoms with Crippen LogP contribution in [0, 0.1) is 0 Å². The van der Waals surface area contributed by atoms with Gasteiger partial charge in [0.25, 0.3) is 0 Å². The van der Waals surface area contributed by atoms with Gasteiger partial charge in [0.2, 0.25) is 0 Å². The van der Waals surface area contributed by atoms with Crippen LogP contribution in [0.4, 0.5) is 0 Å². The molecule has 16 heavy (non-hydrogen) atoms. The Labute approximate surface area is 96.7 Å². The lowest BCUT2D eigenvalue weighted by Gasteiger charge is -2.08. The zero-order chi connectivity index (χ0) is 11.6. The summed E-state index contributed by atoms with van der Waals surface area (Å²) in [4.78, 5) is 0. The summed E-state index contributed by atoms with van der Waals surface area (Å²) >= 11 is 0. The molecule has 1 rings (SSSR count). The maximum Gasteiger partial charge on any atom is 0.0716 e. The van der Waals surface area contributed by atoms with Crippen LogP contribution in [0.3, 0.4) is 0 Å². The van der Waals surface area contributed by atoms with E-state index in [4.69, 9.17) is 9.84 Å².